The van der Waals surface area contributed by atoms with E-state index < -0.39 is 0 Å². The van der Waals surface area contributed by atoms with Gasteiger partial charge in [0.05, 0.1) is 12.7 Å². The standard InChI is InChI=1S/C13H18N6O/c1-3-14-12-5-4-11(17-18-12)13(20)15-6-7-19-9-10(2)8-16-19/h4-5,8-9H,3,6-7H2,1-2H3,(H,14,18)(H,15,20). The molecule has 2 aromatic rings. The zero-order valence-electron chi connectivity index (χ0n) is 11.6. The Morgan fingerprint density at radius 1 is 1.35 bits per heavy atom. The second kappa shape index (κ2) is 6.65. The third-order valence-electron chi connectivity index (χ3n) is 2.64. The number of hydrogen-bond acceptors (Lipinski definition) is 5. The van der Waals surface area contributed by atoms with E-state index in [1.807, 2.05) is 20.0 Å². The van der Waals surface area contributed by atoms with Gasteiger partial charge in [0.1, 0.15) is 5.82 Å². The van der Waals surface area contributed by atoms with Crippen molar-refractivity contribution < 1.29 is 4.79 Å². The number of anilines is 1. The molecule has 0 aromatic carbocycles. The molecule has 0 saturated carbocycles. The van der Waals surface area contributed by atoms with Crippen LogP contribution in [0.1, 0.15) is 23.0 Å². The summed E-state index contributed by atoms with van der Waals surface area (Å²) in [4.78, 5) is 11.8. The summed E-state index contributed by atoms with van der Waals surface area (Å²) in [5.41, 5.74) is 1.41. The molecule has 7 nitrogen and oxygen atoms in total. The van der Waals surface area contributed by atoms with E-state index in [0.717, 1.165) is 12.1 Å². The molecule has 0 bridgehead atoms. The van der Waals surface area contributed by atoms with Crippen molar-refractivity contribution in [2.24, 2.45) is 0 Å². The van der Waals surface area contributed by atoms with Gasteiger partial charge in [-0.05, 0) is 31.5 Å². The molecule has 2 rings (SSSR count). The number of carbonyl (C=O) groups excluding carboxylic acids is 1. The molecular formula is C13H18N6O. The minimum absolute atomic E-state index is 0.232. The molecule has 7 heteroatoms. The normalized spacial score (nSPS) is 10.3. The summed E-state index contributed by atoms with van der Waals surface area (Å²) in [5, 5.41) is 17.8. The number of rotatable bonds is 6. The number of carbonyl (C=O) groups is 1. The Hall–Kier alpha value is -2.44. The van der Waals surface area contributed by atoms with Crippen LogP contribution < -0.4 is 10.6 Å². The van der Waals surface area contributed by atoms with E-state index in [9.17, 15) is 4.79 Å². The first-order valence-electron chi connectivity index (χ1n) is 6.54. The summed E-state index contributed by atoms with van der Waals surface area (Å²) < 4.78 is 1.79. The number of nitrogens with zero attached hydrogens (tertiary/aromatic N) is 4. The highest BCUT2D eigenvalue weighted by atomic mass is 16.1. The Kier molecular flexibility index (Phi) is 4.65. The maximum Gasteiger partial charge on any atom is 0.271 e. The number of nitrogens with one attached hydrogen (secondary N) is 2. The van der Waals surface area contributed by atoms with Crippen LogP contribution in [0.5, 0.6) is 0 Å². The average molecular weight is 274 g/mol. The Bertz CT molecular complexity index is 562. The van der Waals surface area contributed by atoms with Crippen LogP contribution in [0.15, 0.2) is 24.5 Å². The highest BCUT2D eigenvalue weighted by Gasteiger charge is 2.07. The van der Waals surface area contributed by atoms with Crippen molar-refractivity contribution in [2.75, 3.05) is 18.4 Å². The maximum atomic E-state index is 11.8. The number of hydrogen-bond donors (Lipinski definition) is 2. The summed E-state index contributed by atoms with van der Waals surface area (Å²) in [6.07, 6.45) is 3.71. The molecule has 0 radical (unpaired) electrons. The molecule has 0 atom stereocenters. The predicted octanol–water partition coefficient (Wildman–Crippen LogP) is 0.843. The van der Waals surface area contributed by atoms with E-state index in [1.54, 1.807) is 23.0 Å². The fourth-order valence-corrected chi connectivity index (χ4v) is 1.69. The Morgan fingerprint density at radius 3 is 2.80 bits per heavy atom. The van der Waals surface area contributed by atoms with E-state index in [0.29, 0.717) is 24.6 Å². The number of aromatic nitrogens is 4. The highest BCUT2D eigenvalue weighted by molar-refractivity contribution is 5.92. The molecule has 0 aliphatic carbocycles. The molecule has 2 heterocycles. The topological polar surface area (TPSA) is 84.7 Å². The molecule has 2 N–H and O–H groups in total. The minimum atomic E-state index is -0.232. The van der Waals surface area contributed by atoms with Gasteiger partial charge in [-0.2, -0.15) is 5.10 Å². The lowest BCUT2D eigenvalue weighted by molar-refractivity contribution is 0.0946. The van der Waals surface area contributed by atoms with Crippen LogP contribution in [0.3, 0.4) is 0 Å². The van der Waals surface area contributed by atoms with Gasteiger partial charge in [-0.15, -0.1) is 10.2 Å². The van der Waals surface area contributed by atoms with Crippen molar-refractivity contribution in [3.63, 3.8) is 0 Å². The van der Waals surface area contributed by atoms with Crippen LogP contribution in [0, 0.1) is 6.92 Å². The van der Waals surface area contributed by atoms with Gasteiger partial charge in [0.2, 0.25) is 0 Å². The maximum absolute atomic E-state index is 11.8. The molecule has 0 unspecified atom stereocenters. The van der Waals surface area contributed by atoms with Crippen molar-refractivity contribution in [3.8, 4) is 0 Å². The van der Waals surface area contributed by atoms with Crippen molar-refractivity contribution in [1.82, 2.24) is 25.3 Å². The number of amides is 1. The first-order chi connectivity index (χ1) is 9.69. The average Bonchev–Trinajstić information content (AvgIpc) is 2.85. The van der Waals surface area contributed by atoms with Crippen LogP contribution in [0.25, 0.3) is 0 Å². The molecule has 2 aromatic heterocycles. The van der Waals surface area contributed by atoms with Crippen LogP contribution in [0.4, 0.5) is 5.82 Å². The fraction of sp³-hybridized carbons (Fsp3) is 0.385. The van der Waals surface area contributed by atoms with Crippen molar-refractivity contribution in [1.29, 1.82) is 0 Å². The lowest BCUT2D eigenvalue weighted by Crippen LogP contribution is -2.28. The molecule has 0 saturated heterocycles. The highest BCUT2D eigenvalue weighted by Crippen LogP contribution is 2.01. The Balaban J connectivity index is 1.82. The molecular weight excluding hydrogens is 256 g/mol. The van der Waals surface area contributed by atoms with Crippen LogP contribution >= 0.6 is 0 Å². The van der Waals surface area contributed by atoms with Crippen molar-refractivity contribution in [2.45, 2.75) is 20.4 Å². The SMILES string of the molecule is CCNc1ccc(C(=O)NCCn2cc(C)cn2)nn1. The fourth-order valence-electron chi connectivity index (χ4n) is 1.69. The summed E-state index contributed by atoms with van der Waals surface area (Å²) in [7, 11) is 0. The van der Waals surface area contributed by atoms with Gasteiger partial charge in [-0.1, -0.05) is 0 Å². The van der Waals surface area contributed by atoms with Gasteiger partial charge in [0.15, 0.2) is 5.69 Å². The first-order valence-corrected chi connectivity index (χ1v) is 6.54. The monoisotopic (exact) mass is 274 g/mol. The zero-order valence-corrected chi connectivity index (χ0v) is 11.6. The minimum Gasteiger partial charge on any atom is -0.369 e. The second-order valence-corrected chi connectivity index (χ2v) is 4.37. The van der Waals surface area contributed by atoms with Gasteiger partial charge in [-0.25, -0.2) is 0 Å². The van der Waals surface area contributed by atoms with Gasteiger partial charge in [0.25, 0.3) is 5.91 Å². The van der Waals surface area contributed by atoms with Crippen LogP contribution in [-0.2, 0) is 6.54 Å². The summed E-state index contributed by atoms with van der Waals surface area (Å²) >= 11 is 0. The lowest BCUT2D eigenvalue weighted by atomic mass is 10.3. The molecule has 106 valence electrons. The van der Waals surface area contributed by atoms with Gasteiger partial charge < -0.3 is 10.6 Å². The Morgan fingerprint density at radius 2 is 2.20 bits per heavy atom. The van der Waals surface area contributed by atoms with Gasteiger partial charge in [0, 0.05) is 19.3 Å². The van der Waals surface area contributed by atoms with E-state index in [2.05, 4.69) is 25.9 Å². The third-order valence-corrected chi connectivity index (χ3v) is 2.64. The summed E-state index contributed by atoms with van der Waals surface area (Å²) in [5.74, 6) is 0.431. The largest absolute Gasteiger partial charge is 0.369 e. The van der Waals surface area contributed by atoms with E-state index in [-0.39, 0.29) is 5.91 Å². The van der Waals surface area contributed by atoms with Crippen molar-refractivity contribution in [3.05, 3.63) is 35.8 Å². The van der Waals surface area contributed by atoms with E-state index in [4.69, 9.17) is 0 Å². The van der Waals surface area contributed by atoms with Gasteiger partial charge >= 0.3 is 0 Å². The molecule has 0 fully saturated rings. The van der Waals surface area contributed by atoms with E-state index >= 15 is 0 Å². The van der Waals surface area contributed by atoms with Crippen LogP contribution in [0.2, 0.25) is 0 Å². The van der Waals surface area contributed by atoms with Crippen molar-refractivity contribution >= 4 is 11.7 Å². The predicted molar refractivity (Wildman–Crippen MR) is 75.5 cm³/mol. The number of aryl methyl sites for hydroxylation is 1. The van der Waals surface area contributed by atoms with Crippen LogP contribution in [-0.4, -0.2) is 39.0 Å². The zero-order chi connectivity index (χ0) is 14.4. The van der Waals surface area contributed by atoms with E-state index in [1.165, 1.54) is 0 Å². The second-order valence-electron chi connectivity index (χ2n) is 4.37. The molecule has 0 aliphatic heterocycles. The molecule has 0 spiro atoms. The third kappa shape index (κ3) is 3.78. The summed E-state index contributed by atoms with van der Waals surface area (Å²) in [6, 6.07) is 3.39. The smallest absolute Gasteiger partial charge is 0.271 e. The molecule has 20 heavy (non-hydrogen) atoms. The Labute approximate surface area is 117 Å². The summed E-state index contributed by atoms with van der Waals surface area (Å²) in [6.45, 7) is 5.84. The molecule has 0 aliphatic rings. The van der Waals surface area contributed by atoms with Gasteiger partial charge in [-0.3, -0.25) is 9.48 Å². The lowest BCUT2D eigenvalue weighted by Gasteiger charge is -2.05. The first kappa shape index (κ1) is 14.0. The molecule has 1 amide bonds. The quantitative estimate of drug-likeness (QED) is 0.815.